The number of benzene rings is 3. The van der Waals surface area contributed by atoms with Crippen LogP contribution in [0.2, 0.25) is 0 Å². The van der Waals surface area contributed by atoms with Crippen LogP contribution in [0.1, 0.15) is 29.0 Å². The lowest BCUT2D eigenvalue weighted by Gasteiger charge is -2.29. The summed E-state index contributed by atoms with van der Waals surface area (Å²) in [5, 5.41) is 0. The van der Waals surface area contributed by atoms with Gasteiger partial charge in [0.1, 0.15) is 6.61 Å². The summed E-state index contributed by atoms with van der Waals surface area (Å²) in [6.45, 7) is 0.444. The first-order chi connectivity index (χ1) is 17.4. The molecule has 0 bridgehead atoms. The predicted molar refractivity (Wildman–Crippen MR) is 126 cm³/mol. The predicted octanol–water partition coefficient (Wildman–Crippen LogP) is 7.11. The zero-order valence-corrected chi connectivity index (χ0v) is 19.6. The van der Waals surface area contributed by atoms with Crippen LogP contribution in [0.5, 0.6) is 0 Å². The van der Waals surface area contributed by atoms with E-state index in [-0.39, 0.29) is 23.3 Å². The highest BCUT2D eigenvalue weighted by atomic mass is 19.2. The van der Waals surface area contributed by atoms with Gasteiger partial charge in [0.2, 0.25) is 0 Å². The maximum absolute atomic E-state index is 14.1. The minimum Gasteiger partial charge on any atom is -0.377 e. The van der Waals surface area contributed by atoms with E-state index in [1.54, 1.807) is 24.3 Å². The summed E-state index contributed by atoms with van der Waals surface area (Å²) in [5.41, 5.74) is 2.87. The molecule has 0 aromatic heterocycles. The van der Waals surface area contributed by atoms with E-state index in [4.69, 9.17) is 9.47 Å². The van der Waals surface area contributed by atoms with Crippen LogP contribution >= 0.6 is 0 Å². The quantitative estimate of drug-likeness (QED) is 0.242. The van der Waals surface area contributed by atoms with Crippen molar-refractivity contribution in [2.75, 3.05) is 26.9 Å². The average molecular weight is 504 g/mol. The fourth-order valence-electron chi connectivity index (χ4n) is 4.02. The molecule has 8 heteroatoms. The Kier molecular flexibility index (Phi) is 8.51. The molecule has 3 aromatic carbocycles. The van der Waals surface area contributed by atoms with Crippen molar-refractivity contribution in [2.24, 2.45) is 0 Å². The van der Waals surface area contributed by atoms with Crippen LogP contribution in [0.25, 0.3) is 17.0 Å². The minimum absolute atomic E-state index is 0.0260. The van der Waals surface area contributed by atoms with E-state index in [1.807, 2.05) is 12.1 Å². The zero-order chi connectivity index (χ0) is 25.7. The maximum atomic E-state index is 14.1. The summed E-state index contributed by atoms with van der Waals surface area (Å²) in [6, 6.07) is 15.6. The second-order valence-electron chi connectivity index (χ2n) is 8.56. The zero-order valence-electron chi connectivity index (χ0n) is 19.6. The van der Waals surface area contributed by atoms with E-state index in [9.17, 15) is 22.0 Å². The molecule has 1 saturated heterocycles. The third-order valence-corrected chi connectivity index (χ3v) is 6.05. The van der Waals surface area contributed by atoms with Crippen LogP contribution in [0, 0.1) is 17.5 Å². The van der Waals surface area contributed by atoms with Gasteiger partial charge in [0.15, 0.2) is 35.4 Å². The number of methoxy groups -OCH3 is 1. The molecule has 1 aliphatic heterocycles. The molecule has 0 saturated carbocycles. The fourth-order valence-corrected chi connectivity index (χ4v) is 4.02. The van der Waals surface area contributed by atoms with Gasteiger partial charge in [-0.15, -0.1) is 0 Å². The molecule has 0 aliphatic carbocycles. The van der Waals surface area contributed by atoms with Crippen molar-refractivity contribution in [3.8, 4) is 11.1 Å². The van der Waals surface area contributed by atoms with E-state index in [2.05, 4.69) is 4.74 Å². The topological polar surface area (TPSA) is 27.7 Å². The van der Waals surface area contributed by atoms with Gasteiger partial charge in [-0.2, -0.15) is 0 Å². The van der Waals surface area contributed by atoms with Crippen LogP contribution in [-0.2, 0) is 20.6 Å². The molecule has 0 N–H and O–H groups in total. The Labute approximate surface area is 206 Å². The number of aryl methyl sites for hydroxylation is 1. The van der Waals surface area contributed by atoms with Crippen molar-refractivity contribution in [2.45, 2.75) is 25.0 Å². The van der Waals surface area contributed by atoms with Gasteiger partial charge >= 0.3 is 0 Å². The number of halogens is 5. The molecular weight excluding hydrogens is 479 g/mol. The Morgan fingerprint density at radius 2 is 1.47 bits per heavy atom. The molecule has 1 aliphatic rings. The number of ether oxygens (including phenoxy) is 3. The minimum atomic E-state index is -1.48. The van der Waals surface area contributed by atoms with Gasteiger partial charge in [-0.3, -0.25) is 0 Å². The van der Waals surface area contributed by atoms with Crippen molar-refractivity contribution in [1.82, 2.24) is 0 Å². The lowest BCUT2D eigenvalue weighted by atomic mass is 9.98. The van der Waals surface area contributed by atoms with E-state index in [1.165, 1.54) is 19.2 Å². The van der Waals surface area contributed by atoms with Crippen molar-refractivity contribution in [3.63, 3.8) is 0 Å². The average Bonchev–Trinajstić information content (AvgIpc) is 2.90. The highest BCUT2D eigenvalue weighted by molar-refractivity contribution is 5.64. The molecule has 3 nitrogen and oxygen atoms in total. The van der Waals surface area contributed by atoms with Gasteiger partial charge in [0.25, 0.3) is 0 Å². The summed E-state index contributed by atoms with van der Waals surface area (Å²) in [6.07, 6.45) is 0.887. The lowest BCUT2D eigenvalue weighted by molar-refractivity contribution is -0.189. The molecule has 0 atom stereocenters. The van der Waals surface area contributed by atoms with E-state index in [0.717, 1.165) is 23.3 Å². The number of hydrogen-bond acceptors (Lipinski definition) is 3. The highest BCUT2D eigenvalue weighted by Crippen LogP contribution is 2.28. The van der Waals surface area contributed by atoms with Gasteiger partial charge < -0.3 is 14.2 Å². The first-order valence-electron chi connectivity index (χ1n) is 11.5. The number of hydrogen-bond donors (Lipinski definition) is 0. The Hall–Kier alpha value is -3.07. The van der Waals surface area contributed by atoms with Gasteiger partial charge in [0.05, 0.1) is 13.2 Å². The molecule has 3 aromatic rings. The smallest absolute Gasteiger partial charge is 0.194 e. The standard InChI is InChI=1S/C28H25F5O3/c1-34-16-25(31)27(32)20-9-7-19(8-10-20)22-14-35-26(36-15-22)11-4-17-2-5-18(6-3-17)21-12-23(29)28(33)24(30)13-21/h2-3,5-10,12-13,22,26H,4,11,14-16H2,1H3. The third-order valence-electron chi connectivity index (χ3n) is 6.05. The van der Waals surface area contributed by atoms with Gasteiger partial charge in [0, 0.05) is 25.0 Å². The van der Waals surface area contributed by atoms with Crippen molar-refractivity contribution in [1.29, 1.82) is 0 Å². The van der Waals surface area contributed by atoms with E-state index in [0.29, 0.717) is 31.6 Å². The maximum Gasteiger partial charge on any atom is 0.194 e. The number of rotatable bonds is 8. The Bertz CT molecular complexity index is 1180. The summed E-state index contributed by atoms with van der Waals surface area (Å²) in [5.74, 6) is -5.86. The lowest BCUT2D eigenvalue weighted by Crippen LogP contribution is -2.31. The molecule has 0 spiro atoms. The summed E-state index contributed by atoms with van der Waals surface area (Å²) in [4.78, 5) is 0. The first kappa shape index (κ1) is 26.0. The van der Waals surface area contributed by atoms with Crippen LogP contribution in [0.3, 0.4) is 0 Å². The second kappa shape index (κ2) is 11.8. The SMILES string of the molecule is COCC(F)=C(F)c1ccc(C2COC(CCc3ccc(-c4cc(F)c(F)c(F)c4)cc3)OC2)cc1. The molecule has 4 rings (SSSR count). The van der Waals surface area contributed by atoms with Crippen LogP contribution in [0.15, 0.2) is 66.5 Å². The molecule has 0 amide bonds. The third kappa shape index (κ3) is 6.19. The van der Waals surface area contributed by atoms with Gasteiger partial charge in [-0.05, 0) is 40.8 Å². The molecular formula is C28H25F5O3. The first-order valence-corrected chi connectivity index (χ1v) is 11.5. The van der Waals surface area contributed by atoms with Crippen molar-refractivity contribution in [3.05, 3.63) is 101 Å². The second-order valence-corrected chi connectivity index (χ2v) is 8.56. The summed E-state index contributed by atoms with van der Waals surface area (Å²) in [7, 11) is 1.30. The Morgan fingerprint density at radius 3 is 2.06 bits per heavy atom. The largest absolute Gasteiger partial charge is 0.377 e. The molecule has 1 heterocycles. The molecule has 36 heavy (non-hydrogen) atoms. The van der Waals surface area contributed by atoms with Crippen molar-refractivity contribution < 1.29 is 36.2 Å². The van der Waals surface area contributed by atoms with Crippen LogP contribution in [-0.4, -0.2) is 33.2 Å². The molecule has 190 valence electrons. The van der Waals surface area contributed by atoms with E-state index < -0.39 is 35.7 Å². The summed E-state index contributed by atoms with van der Waals surface area (Å²) < 4.78 is 84.1. The molecule has 0 radical (unpaired) electrons. The van der Waals surface area contributed by atoms with E-state index >= 15 is 0 Å². The molecule has 1 fully saturated rings. The normalized spacial score (nSPS) is 18.7. The summed E-state index contributed by atoms with van der Waals surface area (Å²) >= 11 is 0. The van der Waals surface area contributed by atoms with Crippen LogP contribution in [0.4, 0.5) is 22.0 Å². The van der Waals surface area contributed by atoms with Gasteiger partial charge in [-0.25, -0.2) is 22.0 Å². The monoisotopic (exact) mass is 504 g/mol. The van der Waals surface area contributed by atoms with Gasteiger partial charge in [-0.1, -0.05) is 48.5 Å². The fraction of sp³-hybridized carbons (Fsp3) is 0.286. The Morgan fingerprint density at radius 1 is 0.861 bits per heavy atom. The van der Waals surface area contributed by atoms with Crippen molar-refractivity contribution >= 4 is 5.83 Å². The Balaban J connectivity index is 1.28. The molecule has 0 unspecified atom stereocenters. The van der Waals surface area contributed by atoms with Crippen LogP contribution < -0.4 is 0 Å². The highest BCUT2D eigenvalue weighted by Gasteiger charge is 2.23.